The van der Waals surface area contributed by atoms with Crippen molar-refractivity contribution in [2.45, 2.75) is 245 Å². The van der Waals surface area contributed by atoms with E-state index in [4.69, 9.17) is 12.8 Å². The van der Waals surface area contributed by atoms with Crippen LogP contribution in [0.1, 0.15) is 268 Å². The Labute approximate surface area is 605 Å². The molecule has 20 unspecified atom stereocenters. The zero-order valence-electron chi connectivity index (χ0n) is 61.1. The minimum Gasteiger partial charge on any atom is -0.481 e. The molecule has 0 aliphatic heterocycles. The lowest BCUT2D eigenvalue weighted by atomic mass is 9.81. The molecule has 104 heavy (non-hydrogen) atoms. The van der Waals surface area contributed by atoms with Crippen LogP contribution in [0.3, 0.4) is 0 Å². The highest BCUT2D eigenvalue weighted by atomic mass is 16.4. The van der Waals surface area contributed by atoms with Crippen LogP contribution >= 0.6 is 0 Å². The number of terminal acetylenes is 2. The van der Waals surface area contributed by atoms with Crippen LogP contribution in [0.2, 0.25) is 0 Å². The van der Waals surface area contributed by atoms with Gasteiger partial charge in [-0.3, -0.25) is 47.9 Å². The second-order valence-corrected chi connectivity index (χ2v) is 28.6. The quantitative estimate of drug-likeness (QED) is 0.0184. The van der Waals surface area contributed by atoms with Crippen LogP contribution in [0.25, 0.3) is 0 Å². The first kappa shape index (κ1) is 86.8. The maximum Gasteiger partial charge on any atom is 0.306 e. The minimum atomic E-state index is -1.23. The molecule has 0 aromatic carbocycles. The van der Waals surface area contributed by atoms with Crippen LogP contribution in [-0.4, -0.2) is 171 Å². The molecule has 0 saturated heterocycles. The van der Waals surface area contributed by atoms with E-state index in [2.05, 4.69) is 53.1 Å². The molecule has 4 aromatic rings. The smallest absolute Gasteiger partial charge is 0.306 e. The molecule has 0 radical (unpaired) electrons. The Hall–Kier alpha value is -9.62. The summed E-state index contributed by atoms with van der Waals surface area (Å²) in [5.74, 6) is -20.3. The molecule has 0 saturated carbocycles. The van der Waals surface area contributed by atoms with Crippen molar-refractivity contribution in [1.82, 2.24) is 60.0 Å². The van der Waals surface area contributed by atoms with Gasteiger partial charge in [0.1, 0.15) is 0 Å². The summed E-state index contributed by atoms with van der Waals surface area (Å²) < 4.78 is 5.72. The second-order valence-electron chi connectivity index (χ2n) is 28.6. The van der Waals surface area contributed by atoms with E-state index in [-0.39, 0.29) is 114 Å². The molecule has 20 atom stereocenters. The van der Waals surface area contributed by atoms with Crippen molar-refractivity contribution in [3.05, 3.63) is 47.6 Å². The fourth-order valence-electron chi connectivity index (χ4n) is 13.9. The molecule has 0 fully saturated rings. The van der Waals surface area contributed by atoms with Crippen molar-refractivity contribution >= 4 is 59.7 Å². The van der Waals surface area contributed by atoms with Crippen LogP contribution in [0.5, 0.6) is 0 Å². The summed E-state index contributed by atoms with van der Waals surface area (Å²) in [5.41, 5.74) is 1.24. The second kappa shape index (κ2) is 41.6. The Morgan fingerprint density at radius 2 is 0.538 bits per heavy atom. The van der Waals surface area contributed by atoms with E-state index in [1.165, 1.54) is 65.7 Å². The third kappa shape index (κ3) is 26.0. The summed E-state index contributed by atoms with van der Waals surface area (Å²) in [6.45, 7) is 16.4. The molecule has 4 aromatic heterocycles. The van der Waals surface area contributed by atoms with Gasteiger partial charge in [0.25, 0.3) is 0 Å². The van der Waals surface area contributed by atoms with E-state index < -0.39 is 173 Å². The molecular weight excluding hydrogens is 1350 g/mol. The molecule has 0 spiro atoms. The third-order valence-corrected chi connectivity index (χ3v) is 20.8. The largest absolute Gasteiger partial charge is 0.481 e. The van der Waals surface area contributed by atoms with Crippen molar-refractivity contribution in [3.63, 3.8) is 0 Å². The van der Waals surface area contributed by atoms with Gasteiger partial charge in [0.05, 0.1) is 106 Å². The van der Waals surface area contributed by atoms with Gasteiger partial charge < -0.3 is 51.1 Å². The summed E-state index contributed by atoms with van der Waals surface area (Å²) in [4.78, 5) is 126. The third-order valence-electron chi connectivity index (χ3n) is 20.8. The first-order valence-corrected chi connectivity index (χ1v) is 35.9. The molecule has 4 rings (SSSR count). The number of nitrogens with zero attached hydrogens (tertiary/aromatic N) is 12. The fourth-order valence-corrected chi connectivity index (χ4v) is 13.9. The summed E-state index contributed by atoms with van der Waals surface area (Å²) >= 11 is 0. The van der Waals surface area contributed by atoms with Gasteiger partial charge in [-0.1, -0.05) is 90.1 Å². The van der Waals surface area contributed by atoms with Gasteiger partial charge in [0, 0.05) is 60.3 Å². The first-order chi connectivity index (χ1) is 49.0. The van der Waals surface area contributed by atoms with Crippen LogP contribution in [-0.2, 0) is 47.9 Å². The minimum absolute atomic E-state index is 0.0236. The highest BCUT2D eigenvalue weighted by Gasteiger charge is 2.38. The van der Waals surface area contributed by atoms with Crippen LogP contribution in [0, 0.1) is 95.7 Å². The Morgan fingerprint density at radius 3 is 0.808 bits per heavy atom. The molecule has 0 aliphatic carbocycles. The molecule has 0 amide bonds. The molecule has 4 heterocycles. The Bertz CT molecular complexity index is 3590. The predicted molar refractivity (Wildman–Crippen MR) is 372 cm³/mol. The average Bonchev–Trinajstić information content (AvgIpc) is 1.66. The number of carboxylic acids is 10. The Balaban J connectivity index is 1.63. The highest BCUT2D eigenvalue weighted by molar-refractivity contribution is 5.74. The van der Waals surface area contributed by atoms with Crippen LogP contribution in [0.4, 0.5) is 0 Å². The van der Waals surface area contributed by atoms with Crippen molar-refractivity contribution in [2.24, 2.45) is 71.0 Å². The zero-order chi connectivity index (χ0) is 78.0. The molecule has 32 nitrogen and oxygen atoms in total. The summed E-state index contributed by atoms with van der Waals surface area (Å²) in [6, 6.07) is -3.02. The van der Waals surface area contributed by atoms with Gasteiger partial charge >= 0.3 is 59.7 Å². The van der Waals surface area contributed by atoms with E-state index in [9.17, 15) is 99.0 Å². The van der Waals surface area contributed by atoms with Crippen LogP contribution in [0.15, 0.2) is 24.8 Å². The monoisotopic (exact) mass is 1460 g/mol. The molecule has 10 N–H and O–H groups in total. The Kier molecular flexibility index (Phi) is 34.7. The number of hydrogen-bond acceptors (Lipinski definition) is 18. The van der Waals surface area contributed by atoms with Crippen LogP contribution < -0.4 is 0 Å². The average molecular weight is 1460 g/mol. The zero-order valence-corrected chi connectivity index (χ0v) is 61.1. The number of carboxylic acid groups (broad SMARTS) is 10. The normalized spacial score (nSPS) is 17.5. The Morgan fingerprint density at radius 1 is 0.298 bits per heavy atom. The maximum absolute atomic E-state index is 13.4. The number of carbonyl (C=O) groups is 10. The topological polar surface area (TPSA) is 496 Å². The standard InChI is InChI=1S/C72H106N12O20/c1-13-44(14-2)25-50(68(95)96)29-48(21-40(9)64(87)88)61-37-83(79-75-61)57(23-42(11)66(91)92)33-54(72(103)104)32-56(19-7)82-36-60(74-78-82)47(17-5)28-52(70(99)100)30-49(22-41(10)65(89)90)62-38-84(80-76-62)58(24-43(12)67(93)94)34-53(71(101)102)31-55(18-6)81-35-59(73-77-81)46(16-4)27-51(69(97)98)26-45(15-3)20-39(8)63(85)86/h1,3,35-58H,14,16-34H2,2,4-12H3,(H,85,86)(H,87,88)(H,89,90)(H,91,92)(H,93,94)(H,95,96)(H,97,98)(H,99,100)(H,101,102)(H,103,104). The number of aromatic nitrogens is 12. The van der Waals surface area contributed by atoms with Gasteiger partial charge in [-0.05, 0) is 128 Å². The lowest BCUT2D eigenvalue weighted by Gasteiger charge is -2.26. The summed E-state index contributed by atoms with van der Waals surface area (Å²) in [5, 5.41) is 138. The van der Waals surface area contributed by atoms with E-state index in [1.807, 2.05) is 27.7 Å². The first-order valence-electron chi connectivity index (χ1n) is 35.9. The van der Waals surface area contributed by atoms with Gasteiger partial charge in [-0.25, -0.2) is 18.7 Å². The van der Waals surface area contributed by atoms with Gasteiger partial charge in [-0.15, -0.1) is 45.1 Å². The molecule has 574 valence electrons. The molecule has 32 heteroatoms. The summed E-state index contributed by atoms with van der Waals surface area (Å²) in [6.07, 6.45) is 18.9. The van der Waals surface area contributed by atoms with E-state index in [1.54, 1.807) is 19.3 Å². The van der Waals surface area contributed by atoms with Crippen molar-refractivity contribution in [1.29, 1.82) is 0 Å². The summed E-state index contributed by atoms with van der Waals surface area (Å²) in [7, 11) is 0. The molecule has 0 aliphatic rings. The molecular formula is C72H106N12O20. The maximum atomic E-state index is 13.4. The highest BCUT2D eigenvalue weighted by Crippen LogP contribution is 2.40. The molecule has 0 bridgehead atoms. The van der Waals surface area contributed by atoms with E-state index in [0.29, 0.717) is 43.5 Å². The number of rotatable bonds is 53. The number of hydrogen-bond donors (Lipinski definition) is 10. The predicted octanol–water partition coefficient (Wildman–Crippen LogP) is 10.2. The van der Waals surface area contributed by atoms with Gasteiger partial charge in [0.15, 0.2) is 0 Å². The van der Waals surface area contributed by atoms with Crippen molar-refractivity contribution in [2.75, 3.05) is 0 Å². The number of aliphatic carboxylic acids is 10. The van der Waals surface area contributed by atoms with E-state index >= 15 is 0 Å². The van der Waals surface area contributed by atoms with Gasteiger partial charge in [0.2, 0.25) is 0 Å². The lowest BCUT2D eigenvalue weighted by molar-refractivity contribution is -0.144. The SMILES string of the molecule is C#CC(CC(C)C(=O)O)CC(CC(CC)c1cn(C(CC)CC(CC(CC(C)C(=O)O)n2cc(C(CC(C)C(=O)O)CC(CC(CC)c3cn(C(CC)CC(CC(CC(C)C(=O)O)n4cc(C(CC(C)C(=O)O)CC(CC(C#C)CC)C(=O)O)nn4)C(=O)O)nn3)C(=O)O)nn2)C(=O)O)nn1)C(=O)O. The van der Waals surface area contributed by atoms with Crippen molar-refractivity contribution < 1.29 is 99.0 Å². The van der Waals surface area contributed by atoms with Gasteiger partial charge in [-0.2, -0.15) is 0 Å². The lowest BCUT2D eigenvalue weighted by Crippen LogP contribution is -2.26. The van der Waals surface area contributed by atoms with Crippen molar-refractivity contribution in [3.8, 4) is 24.7 Å². The fraction of sp³-hybridized carbons (Fsp3) is 0.694. The van der Waals surface area contributed by atoms with E-state index in [0.717, 1.165) is 0 Å².